The molecule has 0 aliphatic carbocycles. The van der Waals surface area contributed by atoms with Gasteiger partial charge in [0.2, 0.25) is 0 Å². The summed E-state index contributed by atoms with van der Waals surface area (Å²) in [6.07, 6.45) is 0.805. The Bertz CT molecular complexity index is 1080. The SMILES string of the molecule is C[C@H]1Cc2ccc(CNC(=O)NCc3ccc(F)cc3)cc2N1C(=O)c1ccccc1. The molecular formula is C25H24FN3O2. The zero-order valence-corrected chi connectivity index (χ0v) is 17.3. The Hall–Kier alpha value is -3.67. The molecule has 3 aromatic carbocycles. The highest BCUT2D eigenvalue weighted by Crippen LogP contribution is 2.34. The molecule has 1 heterocycles. The number of hydrogen-bond acceptors (Lipinski definition) is 2. The fourth-order valence-electron chi connectivity index (χ4n) is 3.82. The molecule has 0 spiro atoms. The smallest absolute Gasteiger partial charge is 0.315 e. The molecule has 0 fully saturated rings. The van der Waals surface area contributed by atoms with E-state index in [9.17, 15) is 14.0 Å². The second-order valence-corrected chi connectivity index (χ2v) is 7.72. The fraction of sp³-hybridized carbons (Fsp3) is 0.200. The van der Waals surface area contributed by atoms with E-state index < -0.39 is 0 Å². The Labute approximate surface area is 180 Å². The van der Waals surface area contributed by atoms with Crippen molar-refractivity contribution in [2.75, 3.05) is 4.90 Å². The van der Waals surface area contributed by atoms with Crippen LogP contribution in [-0.4, -0.2) is 18.0 Å². The van der Waals surface area contributed by atoms with Crippen molar-refractivity contribution < 1.29 is 14.0 Å². The van der Waals surface area contributed by atoms with E-state index >= 15 is 0 Å². The second-order valence-electron chi connectivity index (χ2n) is 7.72. The van der Waals surface area contributed by atoms with Crippen molar-refractivity contribution in [3.8, 4) is 0 Å². The summed E-state index contributed by atoms with van der Waals surface area (Å²) in [6, 6.07) is 21.0. The van der Waals surface area contributed by atoms with Gasteiger partial charge < -0.3 is 15.5 Å². The van der Waals surface area contributed by atoms with Crippen LogP contribution < -0.4 is 15.5 Å². The zero-order valence-electron chi connectivity index (χ0n) is 17.3. The van der Waals surface area contributed by atoms with Crippen molar-refractivity contribution in [1.82, 2.24) is 10.6 Å². The van der Waals surface area contributed by atoms with E-state index in [2.05, 4.69) is 10.6 Å². The largest absolute Gasteiger partial charge is 0.334 e. The van der Waals surface area contributed by atoms with Gasteiger partial charge in [0, 0.05) is 30.4 Å². The van der Waals surface area contributed by atoms with Gasteiger partial charge in [0.15, 0.2) is 0 Å². The predicted octanol–water partition coefficient (Wildman–Crippen LogP) is 4.42. The first-order valence-electron chi connectivity index (χ1n) is 10.3. The number of fused-ring (bicyclic) bond motifs is 1. The quantitative estimate of drug-likeness (QED) is 0.646. The van der Waals surface area contributed by atoms with Gasteiger partial charge in [-0.2, -0.15) is 0 Å². The number of hydrogen-bond donors (Lipinski definition) is 2. The summed E-state index contributed by atoms with van der Waals surface area (Å²) >= 11 is 0. The van der Waals surface area contributed by atoms with Crippen LogP contribution >= 0.6 is 0 Å². The third-order valence-corrected chi connectivity index (χ3v) is 5.42. The highest BCUT2D eigenvalue weighted by molar-refractivity contribution is 6.07. The molecule has 0 radical (unpaired) electrons. The number of carbonyl (C=O) groups is 2. The van der Waals surface area contributed by atoms with E-state index in [1.165, 1.54) is 12.1 Å². The maximum absolute atomic E-state index is 13.1. The molecule has 2 N–H and O–H groups in total. The van der Waals surface area contributed by atoms with E-state index in [0.29, 0.717) is 18.7 Å². The van der Waals surface area contributed by atoms with Crippen LogP contribution in [0, 0.1) is 5.82 Å². The Balaban J connectivity index is 1.40. The molecule has 0 saturated heterocycles. The highest BCUT2D eigenvalue weighted by Gasteiger charge is 2.31. The van der Waals surface area contributed by atoms with Crippen molar-refractivity contribution in [2.24, 2.45) is 0 Å². The molecule has 158 valence electrons. The van der Waals surface area contributed by atoms with Crippen molar-refractivity contribution in [3.63, 3.8) is 0 Å². The normalized spacial score (nSPS) is 14.8. The summed E-state index contributed by atoms with van der Waals surface area (Å²) < 4.78 is 13.0. The van der Waals surface area contributed by atoms with Gasteiger partial charge in [0.25, 0.3) is 5.91 Å². The Kier molecular flexibility index (Phi) is 5.98. The lowest BCUT2D eigenvalue weighted by atomic mass is 10.1. The number of urea groups is 1. The van der Waals surface area contributed by atoms with Gasteiger partial charge in [-0.1, -0.05) is 42.5 Å². The number of rotatable bonds is 5. The van der Waals surface area contributed by atoms with Gasteiger partial charge in [0.1, 0.15) is 5.82 Å². The van der Waals surface area contributed by atoms with Gasteiger partial charge in [-0.3, -0.25) is 4.79 Å². The number of benzene rings is 3. The van der Waals surface area contributed by atoms with Crippen LogP contribution in [0.5, 0.6) is 0 Å². The average Bonchev–Trinajstić information content (AvgIpc) is 3.12. The Morgan fingerprint density at radius 3 is 2.29 bits per heavy atom. The summed E-state index contributed by atoms with van der Waals surface area (Å²) in [5, 5.41) is 5.59. The van der Waals surface area contributed by atoms with Gasteiger partial charge in [-0.25, -0.2) is 9.18 Å². The summed E-state index contributed by atoms with van der Waals surface area (Å²) in [4.78, 5) is 27.0. The molecule has 1 aliphatic rings. The number of anilines is 1. The molecular weight excluding hydrogens is 393 g/mol. The minimum Gasteiger partial charge on any atom is -0.334 e. The van der Waals surface area contributed by atoms with Crippen LogP contribution in [0.1, 0.15) is 34.0 Å². The number of halogens is 1. The molecule has 3 amide bonds. The molecule has 31 heavy (non-hydrogen) atoms. The summed E-state index contributed by atoms with van der Waals surface area (Å²) in [7, 11) is 0. The topological polar surface area (TPSA) is 61.4 Å². The first-order valence-corrected chi connectivity index (χ1v) is 10.3. The molecule has 0 saturated carbocycles. The number of nitrogens with zero attached hydrogens (tertiary/aromatic N) is 1. The highest BCUT2D eigenvalue weighted by atomic mass is 19.1. The minimum absolute atomic E-state index is 0.0194. The third kappa shape index (κ3) is 4.74. The van der Waals surface area contributed by atoms with Crippen LogP contribution in [0.15, 0.2) is 72.8 Å². The predicted molar refractivity (Wildman–Crippen MR) is 118 cm³/mol. The molecule has 5 nitrogen and oxygen atoms in total. The third-order valence-electron chi connectivity index (χ3n) is 5.42. The van der Waals surface area contributed by atoms with Crippen LogP contribution in [-0.2, 0) is 19.5 Å². The number of amides is 3. The monoisotopic (exact) mass is 417 g/mol. The standard InChI is InChI=1S/C25H24FN3O2/c1-17-13-21-10-7-19(14-23(21)29(17)24(30)20-5-3-2-4-6-20)16-28-25(31)27-15-18-8-11-22(26)12-9-18/h2-12,14,17H,13,15-16H2,1H3,(H2,27,28,31)/t17-/m0/s1. The maximum Gasteiger partial charge on any atom is 0.315 e. The summed E-state index contributed by atoms with van der Waals surface area (Å²) in [5.74, 6) is -0.326. The van der Waals surface area contributed by atoms with Gasteiger partial charge in [-0.05, 0) is 60.4 Å². The van der Waals surface area contributed by atoms with Gasteiger partial charge in [0.05, 0.1) is 0 Å². The Morgan fingerprint density at radius 2 is 1.58 bits per heavy atom. The van der Waals surface area contributed by atoms with E-state index in [4.69, 9.17) is 0 Å². The summed E-state index contributed by atoms with van der Waals surface area (Å²) in [5.41, 5.74) is 4.41. The minimum atomic E-state index is -0.310. The van der Waals surface area contributed by atoms with E-state index in [1.54, 1.807) is 12.1 Å². The lowest BCUT2D eigenvalue weighted by molar-refractivity contribution is 0.0981. The van der Waals surface area contributed by atoms with E-state index in [0.717, 1.165) is 28.8 Å². The van der Waals surface area contributed by atoms with Crippen LogP contribution in [0.4, 0.5) is 14.9 Å². The maximum atomic E-state index is 13.1. The van der Waals surface area contributed by atoms with E-state index in [1.807, 2.05) is 60.4 Å². The molecule has 6 heteroatoms. The van der Waals surface area contributed by atoms with Crippen molar-refractivity contribution in [2.45, 2.75) is 32.5 Å². The molecule has 3 aromatic rings. The zero-order chi connectivity index (χ0) is 21.8. The molecule has 0 bridgehead atoms. The van der Waals surface area contributed by atoms with Gasteiger partial charge in [-0.15, -0.1) is 0 Å². The van der Waals surface area contributed by atoms with Crippen molar-refractivity contribution in [1.29, 1.82) is 0 Å². The lowest BCUT2D eigenvalue weighted by Crippen LogP contribution is -2.36. The molecule has 4 rings (SSSR count). The first kappa shape index (κ1) is 20.6. The van der Waals surface area contributed by atoms with Crippen LogP contribution in [0.25, 0.3) is 0 Å². The second kappa shape index (κ2) is 9.00. The first-order chi connectivity index (χ1) is 15.0. The number of nitrogens with one attached hydrogen (secondary N) is 2. The van der Waals surface area contributed by atoms with Crippen LogP contribution in [0.3, 0.4) is 0 Å². The lowest BCUT2D eigenvalue weighted by Gasteiger charge is -2.23. The molecule has 0 unspecified atom stereocenters. The molecule has 1 aliphatic heterocycles. The molecule has 1 atom stereocenters. The summed E-state index contributed by atoms with van der Waals surface area (Å²) in [6.45, 7) is 2.69. The van der Waals surface area contributed by atoms with Crippen LogP contribution in [0.2, 0.25) is 0 Å². The average molecular weight is 417 g/mol. The molecule has 0 aromatic heterocycles. The Morgan fingerprint density at radius 1 is 0.935 bits per heavy atom. The number of carbonyl (C=O) groups excluding carboxylic acids is 2. The van der Waals surface area contributed by atoms with Crippen molar-refractivity contribution in [3.05, 3.63) is 101 Å². The van der Waals surface area contributed by atoms with E-state index in [-0.39, 0.29) is 23.8 Å². The fourth-order valence-corrected chi connectivity index (χ4v) is 3.82. The van der Waals surface area contributed by atoms with Crippen molar-refractivity contribution >= 4 is 17.6 Å². The van der Waals surface area contributed by atoms with Gasteiger partial charge >= 0.3 is 6.03 Å².